The van der Waals surface area contributed by atoms with Gasteiger partial charge in [0.05, 0.1) is 10.2 Å². The smallest absolute Gasteiger partial charge is 0.161 e. The third kappa shape index (κ3) is 2.27. The van der Waals surface area contributed by atoms with E-state index < -0.39 is 0 Å². The first-order valence-electron chi connectivity index (χ1n) is 5.64. The third-order valence-electron chi connectivity index (χ3n) is 2.90. The van der Waals surface area contributed by atoms with Crippen LogP contribution < -0.4 is 0 Å². The second-order valence-corrected chi connectivity index (χ2v) is 5.47. The van der Waals surface area contributed by atoms with Crippen LogP contribution in [0.15, 0.2) is 28.7 Å². The van der Waals surface area contributed by atoms with Crippen molar-refractivity contribution < 1.29 is 4.39 Å². The van der Waals surface area contributed by atoms with Gasteiger partial charge in [-0.15, -0.1) is 0 Å². The van der Waals surface area contributed by atoms with Gasteiger partial charge in [0.25, 0.3) is 0 Å². The second kappa shape index (κ2) is 4.59. The Bertz CT molecular complexity index is 597. The van der Waals surface area contributed by atoms with Crippen molar-refractivity contribution in [3.8, 4) is 11.4 Å². The number of nitrogens with zero attached hydrogens (tertiary/aromatic N) is 2. The quantitative estimate of drug-likeness (QED) is 0.755. The molecular formula is C13H9BrClFN2. The Balaban J connectivity index is 2.09. The van der Waals surface area contributed by atoms with E-state index in [2.05, 4.69) is 25.9 Å². The van der Waals surface area contributed by atoms with Gasteiger partial charge in [-0.05, 0) is 53.0 Å². The number of hydrogen-bond acceptors (Lipinski definition) is 2. The summed E-state index contributed by atoms with van der Waals surface area (Å²) in [5.74, 6) is 0.744. The van der Waals surface area contributed by atoms with Gasteiger partial charge >= 0.3 is 0 Å². The molecule has 1 aromatic carbocycles. The van der Waals surface area contributed by atoms with Crippen molar-refractivity contribution in [2.24, 2.45) is 0 Å². The SMILES string of the molecule is Fc1ccc(-c2nc(Cl)c(Br)c(C3CC3)n2)cc1. The zero-order chi connectivity index (χ0) is 12.7. The molecule has 0 radical (unpaired) electrons. The molecular weight excluding hydrogens is 319 g/mol. The lowest BCUT2D eigenvalue weighted by Crippen LogP contribution is -1.97. The van der Waals surface area contributed by atoms with Crippen molar-refractivity contribution in [1.29, 1.82) is 0 Å². The van der Waals surface area contributed by atoms with Gasteiger partial charge in [0.15, 0.2) is 5.82 Å². The zero-order valence-corrected chi connectivity index (χ0v) is 11.7. The van der Waals surface area contributed by atoms with Crippen LogP contribution in [0.4, 0.5) is 4.39 Å². The fourth-order valence-electron chi connectivity index (χ4n) is 1.79. The summed E-state index contributed by atoms with van der Waals surface area (Å²) in [5.41, 5.74) is 1.72. The van der Waals surface area contributed by atoms with Gasteiger partial charge in [0.2, 0.25) is 0 Å². The van der Waals surface area contributed by atoms with Crippen molar-refractivity contribution in [2.45, 2.75) is 18.8 Å². The monoisotopic (exact) mass is 326 g/mol. The second-order valence-electron chi connectivity index (χ2n) is 4.32. The Morgan fingerprint density at radius 1 is 1.17 bits per heavy atom. The molecule has 0 aliphatic heterocycles. The van der Waals surface area contributed by atoms with Gasteiger partial charge in [-0.25, -0.2) is 14.4 Å². The molecule has 5 heteroatoms. The van der Waals surface area contributed by atoms with Crippen molar-refractivity contribution in [3.05, 3.63) is 45.4 Å². The Morgan fingerprint density at radius 3 is 2.44 bits per heavy atom. The summed E-state index contributed by atoms with van der Waals surface area (Å²) in [7, 11) is 0. The van der Waals surface area contributed by atoms with E-state index in [1.807, 2.05) is 0 Å². The van der Waals surface area contributed by atoms with Gasteiger partial charge < -0.3 is 0 Å². The molecule has 0 spiro atoms. The van der Waals surface area contributed by atoms with Crippen molar-refractivity contribution in [1.82, 2.24) is 9.97 Å². The average Bonchev–Trinajstić information content (AvgIpc) is 3.18. The highest BCUT2D eigenvalue weighted by molar-refractivity contribution is 9.10. The molecule has 1 fully saturated rings. The fourth-order valence-corrected chi connectivity index (χ4v) is 2.47. The number of benzene rings is 1. The van der Waals surface area contributed by atoms with E-state index in [1.54, 1.807) is 12.1 Å². The first-order valence-corrected chi connectivity index (χ1v) is 6.81. The molecule has 1 saturated carbocycles. The van der Waals surface area contributed by atoms with Crippen LogP contribution in [0.5, 0.6) is 0 Å². The Hall–Kier alpha value is -1.00. The van der Waals surface area contributed by atoms with Crippen LogP contribution in [0.2, 0.25) is 5.15 Å². The van der Waals surface area contributed by atoms with E-state index in [0.717, 1.165) is 28.6 Å². The van der Waals surface area contributed by atoms with Crippen molar-refractivity contribution in [2.75, 3.05) is 0 Å². The molecule has 1 aromatic heterocycles. The average molecular weight is 328 g/mol. The predicted octanol–water partition coefficient (Wildman–Crippen LogP) is 4.58. The van der Waals surface area contributed by atoms with E-state index >= 15 is 0 Å². The molecule has 0 bridgehead atoms. The summed E-state index contributed by atoms with van der Waals surface area (Å²) < 4.78 is 13.7. The van der Waals surface area contributed by atoms with Crippen molar-refractivity contribution >= 4 is 27.5 Å². The third-order valence-corrected chi connectivity index (χ3v) is 4.19. The number of halogens is 3. The minimum Gasteiger partial charge on any atom is -0.231 e. The highest BCUT2D eigenvalue weighted by Crippen LogP contribution is 2.44. The summed E-state index contributed by atoms with van der Waals surface area (Å²) in [6.45, 7) is 0. The van der Waals surface area contributed by atoms with Gasteiger partial charge in [-0.3, -0.25) is 0 Å². The fraction of sp³-hybridized carbons (Fsp3) is 0.231. The molecule has 0 N–H and O–H groups in total. The molecule has 0 saturated heterocycles. The molecule has 1 heterocycles. The maximum absolute atomic E-state index is 12.9. The van der Waals surface area contributed by atoms with Crippen LogP contribution in [0.3, 0.4) is 0 Å². The molecule has 2 aromatic rings. The van der Waals surface area contributed by atoms with Crippen LogP contribution in [0.1, 0.15) is 24.5 Å². The maximum atomic E-state index is 12.9. The Morgan fingerprint density at radius 2 is 1.83 bits per heavy atom. The largest absolute Gasteiger partial charge is 0.231 e. The van der Waals surface area contributed by atoms with Gasteiger partial charge in [0.1, 0.15) is 11.0 Å². The Kier molecular flexibility index (Phi) is 3.08. The molecule has 92 valence electrons. The topological polar surface area (TPSA) is 25.8 Å². The first kappa shape index (κ1) is 12.1. The number of aromatic nitrogens is 2. The van der Waals surface area contributed by atoms with E-state index in [9.17, 15) is 4.39 Å². The lowest BCUT2D eigenvalue weighted by atomic mass is 10.2. The minimum absolute atomic E-state index is 0.274. The van der Waals surface area contributed by atoms with Crippen molar-refractivity contribution in [3.63, 3.8) is 0 Å². The van der Waals surface area contributed by atoms with Crippen LogP contribution in [0, 0.1) is 5.82 Å². The molecule has 0 atom stereocenters. The maximum Gasteiger partial charge on any atom is 0.161 e. The van der Waals surface area contributed by atoms with Crippen LogP contribution >= 0.6 is 27.5 Å². The summed E-state index contributed by atoms with van der Waals surface area (Å²) >= 11 is 9.52. The number of hydrogen-bond donors (Lipinski definition) is 0. The summed E-state index contributed by atoms with van der Waals surface area (Å²) in [6, 6.07) is 6.11. The highest BCUT2D eigenvalue weighted by Gasteiger charge is 2.29. The highest BCUT2D eigenvalue weighted by atomic mass is 79.9. The summed E-state index contributed by atoms with van der Waals surface area (Å²) in [4.78, 5) is 8.76. The lowest BCUT2D eigenvalue weighted by Gasteiger charge is -2.07. The van der Waals surface area contributed by atoms with Gasteiger partial charge in [-0.2, -0.15) is 0 Å². The molecule has 1 aliphatic rings. The van der Waals surface area contributed by atoms with Gasteiger partial charge in [0, 0.05) is 11.5 Å². The van der Waals surface area contributed by atoms with Gasteiger partial charge in [-0.1, -0.05) is 11.6 Å². The standard InChI is InChI=1S/C13H9BrClFN2/c14-10-11(7-1-2-7)17-13(18-12(10)15)8-3-5-9(16)6-4-8/h3-7H,1-2H2. The summed E-state index contributed by atoms with van der Waals surface area (Å²) in [5, 5.41) is 0.409. The van der Waals surface area contributed by atoms with Crippen LogP contribution in [-0.4, -0.2) is 9.97 Å². The number of rotatable bonds is 2. The van der Waals surface area contributed by atoms with Crippen LogP contribution in [-0.2, 0) is 0 Å². The molecule has 2 nitrogen and oxygen atoms in total. The normalized spacial score (nSPS) is 14.8. The zero-order valence-electron chi connectivity index (χ0n) is 9.33. The first-order chi connectivity index (χ1) is 8.65. The van der Waals surface area contributed by atoms with Crippen LogP contribution in [0.25, 0.3) is 11.4 Å². The molecule has 1 aliphatic carbocycles. The molecule has 18 heavy (non-hydrogen) atoms. The molecule has 0 amide bonds. The van der Waals surface area contributed by atoms with E-state index in [4.69, 9.17) is 11.6 Å². The van der Waals surface area contributed by atoms with E-state index in [0.29, 0.717) is 16.9 Å². The van der Waals surface area contributed by atoms with E-state index in [-0.39, 0.29) is 5.82 Å². The van der Waals surface area contributed by atoms with E-state index in [1.165, 1.54) is 12.1 Å². The summed E-state index contributed by atoms with van der Waals surface area (Å²) in [6.07, 6.45) is 2.27. The Labute approximate surface area is 117 Å². The lowest BCUT2D eigenvalue weighted by molar-refractivity contribution is 0.628. The molecule has 3 rings (SSSR count). The predicted molar refractivity (Wildman–Crippen MR) is 72.1 cm³/mol. The molecule has 0 unspecified atom stereocenters. The minimum atomic E-state index is -0.274.